The van der Waals surface area contributed by atoms with Gasteiger partial charge in [-0.3, -0.25) is 10.1 Å². The number of aliphatic hydroxyl groups excluding tert-OH is 2. The second-order valence-electron chi connectivity index (χ2n) is 21.5. The van der Waals surface area contributed by atoms with Gasteiger partial charge in [-0.25, -0.2) is 0 Å². The van der Waals surface area contributed by atoms with Crippen LogP contribution >= 0.6 is 0 Å². The third-order valence-corrected chi connectivity index (χ3v) is 16.4. The zero-order valence-corrected chi connectivity index (χ0v) is 41.7. The molecular formula is C57H98N2O4. The lowest BCUT2D eigenvalue weighted by atomic mass is 9.47. The van der Waals surface area contributed by atoms with Crippen molar-refractivity contribution >= 4 is 5.97 Å². The summed E-state index contributed by atoms with van der Waals surface area (Å²) in [7, 11) is 0. The van der Waals surface area contributed by atoms with Gasteiger partial charge in [0, 0.05) is 19.4 Å². The Morgan fingerprint density at radius 2 is 1.51 bits per heavy atom. The molecule has 9 unspecified atom stereocenters. The van der Waals surface area contributed by atoms with Crippen LogP contribution in [0.1, 0.15) is 202 Å². The maximum absolute atomic E-state index is 13.0. The standard InChI is InChI=1S/C57H98N2O4/c1-7-8-9-10-11-12-13-14-15-16-17-18-19-20-22-30-54(61)58-40-24-26-42-59(43-44-60)41-25-21-23-31-55(62)63-49-36-38-56(5)48(45-49)32-33-50-52-35-34-51(47(4)29-27-28-46(2)3)57(52,6)39-37-53(50)56/h8-9,11-12,14-15,17-18,32,46-47,49-54,58,60-61H,7,10,13,16,19-31,33-45H2,1-6H3/b9-8+,12-11+,15-14+,18-17+. The molecule has 4 rings (SSSR count). The molecule has 0 amide bonds. The van der Waals surface area contributed by atoms with Crippen molar-refractivity contribution in [2.45, 2.75) is 214 Å². The lowest BCUT2D eigenvalue weighted by Gasteiger charge is -2.58. The van der Waals surface area contributed by atoms with Crippen molar-refractivity contribution < 1.29 is 19.7 Å². The minimum Gasteiger partial charge on any atom is -0.462 e. The van der Waals surface area contributed by atoms with Gasteiger partial charge in [0.05, 0.1) is 6.61 Å². The SMILES string of the molecule is CC/C=C/C/C=C/C/C=C/C/C=C/CCCCC(O)NCCCCN(CCO)CCCCCC(=O)OC1CCC2(C)C(=CCC3C2CCC2(C)C(C(C)CCCC(C)C)CCC32)C1. The van der Waals surface area contributed by atoms with E-state index in [4.69, 9.17) is 4.74 Å². The molecular weight excluding hydrogens is 777 g/mol. The van der Waals surface area contributed by atoms with Crippen molar-refractivity contribution in [3.63, 3.8) is 0 Å². The van der Waals surface area contributed by atoms with Gasteiger partial charge in [-0.05, 0) is 188 Å². The summed E-state index contributed by atoms with van der Waals surface area (Å²) in [6.07, 6.45) is 47.8. The van der Waals surface area contributed by atoms with Crippen LogP contribution in [0.4, 0.5) is 0 Å². The highest BCUT2D eigenvalue weighted by Gasteiger charge is 2.59. The van der Waals surface area contributed by atoms with E-state index >= 15 is 0 Å². The number of nitrogens with zero attached hydrogens (tertiary/aromatic N) is 1. The smallest absolute Gasteiger partial charge is 0.306 e. The molecule has 6 heteroatoms. The Morgan fingerprint density at radius 1 is 0.794 bits per heavy atom. The Kier molecular flexibility index (Phi) is 25.2. The number of ether oxygens (including phenoxy) is 1. The van der Waals surface area contributed by atoms with Crippen LogP contribution in [0.15, 0.2) is 60.3 Å². The van der Waals surface area contributed by atoms with Crippen LogP contribution in [0.5, 0.6) is 0 Å². The first kappa shape index (κ1) is 53.6. The van der Waals surface area contributed by atoms with E-state index < -0.39 is 6.23 Å². The monoisotopic (exact) mass is 875 g/mol. The van der Waals surface area contributed by atoms with Crippen LogP contribution < -0.4 is 5.32 Å². The second kappa shape index (κ2) is 29.6. The average Bonchev–Trinajstić information content (AvgIpc) is 3.62. The zero-order valence-electron chi connectivity index (χ0n) is 41.7. The number of hydrogen-bond donors (Lipinski definition) is 3. The third-order valence-electron chi connectivity index (χ3n) is 16.4. The summed E-state index contributed by atoms with van der Waals surface area (Å²) < 4.78 is 6.17. The Balaban J connectivity index is 1.02. The van der Waals surface area contributed by atoms with Crippen molar-refractivity contribution in [1.82, 2.24) is 10.2 Å². The quantitative estimate of drug-likeness (QED) is 0.0270. The van der Waals surface area contributed by atoms with Gasteiger partial charge in [-0.1, -0.05) is 127 Å². The summed E-state index contributed by atoms with van der Waals surface area (Å²) in [5, 5.41) is 23.3. The number of carbonyl (C=O) groups excluding carboxylic acids is 1. The van der Waals surface area contributed by atoms with Crippen LogP contribution in [-0.2, 0) is 9.53 Å². The Labute approximate surface area is 388 Å². The Hall–Kier alpha value is -1.99. The van der Waals surface area contributed by atoms with E-state index in [9.17, 15) is 15.0 Å². The van der Waals surface area contributed by atoms with Crippen LogP contribution in [0, 0.1) is 46.3 Å². The van der Waals surface area contributed by atoms with Crippen molar-refractivity contribution in [3.8, 4) is 0 Å². The minimum absolute atomic E-state index is 0.0152. The van der Waals surface area contributed by atoms with Gasteiger partial charge in [0.1, 0.15) is 12.3 Å². The van der Waals surface area contributed by atoms with Crippen molar-refractivity contribution in [2.24, 2.45) is 46.3 Å². The first-order valence-corrected chi connectivity index (χ1v) is 26.7. The molecule has 0 bridgehead atoms. The fourth-order valence-electron chi connectivity index (χ4n) is 12.8. The maximum Gasteiger partial charge on any atom is 0.306 e. The number of rotatable bonds is 32. The largest absolute Gasteiger partial charge is 0.462 e. The molecule has 3 N–H and O–H groups in total. The highest BCUT2D eigenvalue weighted by atomic mass is 16.5. The van der Waals surface area contributed by atoms with Crippen LogP contribution in [0.2, 0.25) is 0 Å². The molecule has 0 aliphatic heterocycles. The van der Waals surface area contributed by atoms with E-state index in [-0.39, 0.29) is 24.1 Å². The second-order valence-corrected chi connectivity index (χ2v) is 21.5. The predicted octanol–water partition coefficient (Wildman–Crippen LogP) is 13.8. The molecule has 3 saturated carbocycles. The van der Waals surface area contributed by atoms with Crippen molar-refractivity contribution in [3.05, 3.63) is 60.3 Å². The predicted molar refractivity (Wildman–Crippen MR) is 267 cm³/mol. The normalized spacial score (nSPS) is 28.3. The van der Waals surface area contributed by atoms with Gasteiger partial charge in [-0.2, -0.15) is 0 Å². The van der Waals surface area contributed by atoms with Gasteiger partial charge >= 0.3 is 5.97 Å². The third kappa shape index (κ3) is 18.0. The van der Waals surface area contributed by atoms with Crippen LogP contribution in [-0.4, -0.2) is 66.2 Å². The lowest BCUT2D eigenvalue weighted by molar-refractivity contribution is -0.151. The summed E-state index contributed by atoms with van der Waals surface area (Å²) in [6.45, 7) is 18.3. The van der Waals surface area contributed by atoms with Gasteiger partial charge in [-0.15, -0.1) is 0 Å². The molecule has 9 atom stereocenters. The highest BCUT2D eigenvalue weighted by molar-refractivity contribution is 5.69. The molecule has 360 valence electrons. The molecule has 0 aromatic carbocycles. The highest BCUT2D eigenvalue weighted by Crippen LogP contribution is 2.67. The zero-order chi connectivity index (χ0) is 45.3. The van der Waals surface area contributed by atoms with E-state index in [1.165, 1.54) is 57.8 Å². The number of fused-ring (bicyclic) bond motifs is 5. The van der Waals surface area contributed by atoms with E-state index in [0.717, 1.165) is 151 Å². The fraction of sp³-hybridized carbons (Fsp3) is 0.807. The number of aliphatic hydroxyl groups is 2. The minimum atomic E-state index is -0.440. The number of nitrogens with one attached hydrogen (secondary N) is 1. The van der Waals surface area contributed by atoms with Gasteiger partial charge in [0.15, 0.2) is 0 Å². The summed E-state index contributed by atoms with van der Waals surface area (Å²) in [4.78, 5) is 15.4. The molecule has 0 saturated heterocycles. The molecule has 0 aromatic heterocycles. The fourth-order valence-corrected chi connectivity index (χ4v) is 12.8. The molecule has 0 spiro atoms. The lowest BCUT2D eigenvalue weighted by Crippen LogP contribution is -2.51. The van der Waals surface area contributed by atoms with Crippen molar-refractivity contribution in [1.29, 1.82) is 0 Å². The van der Waals surface area contributed by atoms with Crippen molar-refractivity contribution in [2.75, 3.05) is 32.8 Å². The maximum atomic E-state index is 13.0. The van der Waals surface area contributed by atoms with Crippen LogP contribution in [0.25, 0.3) is 0 Å². The number of esters is 1. The molecule has 6 nitrogen and oxygen atoms in total. The first-order valence-electron chi connectivity index (χ1n) is 26.7. The number of allylic oxidation sites excluding steroid dienone is 9. The molecule has 4 aliphatic carbocycles. The Morgan fingerprint density at radius 3 is 2.22 bits per heavy atom. The number of carbonyl (C=O) groups is 1. The molecule has 0 heterocycles. The van der Waals surface area contributed by atoms with E-state index in [1.54, 1.807) is 5.57 Å². The number of unbranched alkanes of at least 4 members (excludes halogenated alkanes) is 5. The van der Waals surface area contributed by atoms with Gasteiger partial charge in [0.2, 0.25) is 0 Å². The van der Waals surface area contributed by atoms with E-state index in [2.05, 4.69) is 106 Å². The summed E-state index contributed by atoms with van der Waals surface area (Å²) in [5.74, 6) is 5.07. The van der Waals surface area contributed by atoms with Gasteiger partial charge in [0.25, 0.3) is 0 Å². The molecule has 0 aromatic rings. The first-order chi connectivity index (χ1) is 30.5. The molecule has 0 radical (unpaired) electrons. The summed E-state index contributed by atoms with van der Waals surface area (Å²) in [6, 6.07) is 0. The average molecular weight is 875 g/mol. The molecule has 4 aliphatic rings. The van der Waals surface area contributed by atoms with E-state index in [1.807, 2.05) is 0 Å². The molecule has 63 heavy (non-hydrogen) atoms. The summed E-state index contributed by atoms with van der Waals surface area (Å²) in [5.41, 5.74) is 2.41. The molecule has 3 fully saturated rings. The topological polar surface area (TPSA) is 82.0 Å². The van der Waals surface area contributed by atoms with Gasteiger partial charge < -0.3 is 19.8 Å². The summed E-state index contributed by atoms with van der Waals surface area (Å²) >= 11 is 0. The Bertz CT molecular complexity index is 1420. The number of hydrogen-bond acceptors (Lipinski definition) is 6. The van der Waals surface area contributed by atoms with E-state index in [0.29, 0.717) is 18.4 Å². The van der Waals surface area contributed by atoms with Crippen LogP contribution in [0.3, 0.4) is 0 Å².